The van der Waals surface area contributed by atoms with Crippen molar-refractivity contribution in [1.29, 1.82) is 0 Å². The quantitative estimate of drug-likeness (QED) is 0.880. The molecule has 0 aromatic heterocycles. The average molecular weight is 254 g/mol. The van der Waals surface area contributed by atoms with Gasteiger partial charge in [0, 0.05) is 36.1 Å². The predicted molar refractivity (Wildman–Crippen MR) is 73.2 cm³/mol. The highest BCUT2D eigenvalue weighted by atomic mass is 32.2. The van der Waals surface area contributed by atoms with Gasteiger partial charge < -0.3 is 10.6 Å². The molecule has 0 amide bonds. The van der Waals surface area contributed by atoms with Gasteiger partial charge >= 0.3 is 0 Å². The van der Waals surface area contributed by atoms with E-state index >= 15 is 0 Å². The first-order chi connectivity index (χ1) is 8.20. The van der Waals surface area contributed by atoms with Crippen molar-refractivity contribution in [3.05, 3.63) is 29.6 Å². The normalized spacial score (nSPS) is 18.9. The first-order valence-corrected chi connectivity index (χ1v) is 7.22. The molecule has 1 aliphatic rings. The van der Waals surface area contributed by atoms with Gasteiger partial charge in [0.25, 0.3) is 0 Å². The Balaban J connectivity index is 2.32. The van der Waals surface area contributed by atoms with Gasteiger partial charge in [0.1, 0.15) is 5.82 Å². The average Bonchev–Trinajstić information content (AvgIpc) is 2.56. The molecule has 1 atom stereocenters. The van der Waals surface area contributed by atoms with Crippen LogP contribution in [0.4, 0.5) is 10.1 Å². The van der Waals surface area contributed by atoms with Crippen molar-refractivity contribution in [3.63, 3.8) is 0 Å². The van der Waals surface area contributed by atoms with Crippen LogP contribution in [0.25, 0.3) is 0 Å². The summed E-state index contributed by atoms with van der Waals surface area (Å²) in [4.78, 5) is 2.27. The maximum absolute atomic E-state index is 13.8. The van der Waals surface area contributed by atoms with Crippen LogP contribution in [0.1, 0.15) is 24.9 Å². The Morgan fingerprint density at radius 1 is 1.35 bits per heavy atom. The van der Waals surface area contributed by atoms with E-state index in [1.54, 1.807) is 6.07 Å². The summed E-state index contributed by atoms with van der Waals surface area (Å²) in [7, 11) is 0. The van der Waals surface area contributed by atoms with Crippen LogP contribution in [-0.4, -0.2) is 24.6 Å². The molecule has 1 heterocycles. The molecule has 0 saturated carbocycles. The van der Waals surface area contributed by atoms with Crippen LogP contribution >= 0.6 is 11.8 Å². The third-order valence-electron chi connectivity index (χ3n) is 3.05. The van der Waals surface area contributed by atoms with E-state index in [9.17, 15) is 4.39 Å². The SMILES string of the molecule is CC(N)c1c(F)cccc1N1CCCSCC1. The molecule has 1 unspecified atom stereocenters. The van der Waals surface area contributed by atoms with Crippen molar-refractivity contribution in [2.24, 2.45) is 5.73 Å². The highest BCUT2D eigenvalue weighted by molar-refractivity contribution is 7.99. The minimum absolute atomic E-state index is 0.186. The second-order valence-corrected chi connectivity index (χ2v) is 5.64. The monoisotopic (exact) mass is 254 g/mol. The van der Waals surface area contributed by atoms with Crippen LogP contribution in [0.3, 0.4) is 0 Å². The van der Waals surface area contributed by atoms with E-state index in [1.807, 2.05) is 24.8 Å². The van der Waals surface area contributed by atoms with E-state index in [2.05, 4.69) is 4.90 Å². The zero-order chi connectivity index (χ0) is 12.3. The maximum Gasteiger partial charge on any atom is 0.130 e. The van der Waals surface area contributed by atoms with Crippen LogP contribution in [0.2, 0.25) is 0 Å². The van der Waals surface area contributed by atoms with Crippen molar-refractivity contribution >= 4 is 17.4 Å². The molecule has 1 fully saturated rings. The number of halogens is 1. The number of hydrogen-bond acceptors (Lipinski definition) is 3. The number of anilines is 1. The second kappa shape index (κ2) is 5.74. The minimum Gasteiger partial charge on any atom is -0.370 e. The van der Waals surface area contributed by atoms with Crippen molar-refractivity contribution in [1.82, 2.24) is 0 Å². The van der Waals surface area contributed by atoms with E-state index in [0.717, 1.165) is 31.0 Å². The summed E-state index contributed by atoms with van der Waals surface area (Å²) in [5, 5.41) is 0. The summed E-state index contributed by atoms with van der Waals surface area (Å²) in [5.74, 6) is 2.11. The lowest BCUT2D eigenvalue weighted by atomic mass is 10.0. The Hall–Kier alpha value is -0.740. The summed E-state index contributed by atoms with van der Waals surface area (Å²) in [6.07, 6.45) is 1.15. The first-order valence-electron chi connectivity index (χ1n) is 6.07. The lowest BCUT2D eigenvalue weighted by molar-refractivity contribution is 0.591. The van der Waals surface area contributed by atoms with Crippen LogP contribution in [0.15, 0.2) is 18.2 Å². The van der Waals surface area contributed by atoms with Crippen molar-refractivity contribution in [2.75, 3.05) is 29.5 Å². The highest BCUT2D eigenvalue weighted by Crippen LogP contribution is 2.29. The zero-order valence-electron chi connectivity index (χ0n) is 10.2. The molecule has 2 rings (SSSR count). The predicted octanol–water partition coefficient (Wildman–Crippen LogP) is 2.79. The summed E-state index contributed by atoms with van der Waals surface area (Å²) < 4.78 is 13.8. The molecular formula is C13H19FN2S. The molecular weight excluding hydrogens is 235 g/mol. The van der Waals surface area contributed by atoms with E-state index in [1.165, 1.54) is 11.8 Å². The summed E-state index contributed by atoms with van der Waals surface area (Å²) >= 11 is 1.97. The summed E-state index contributed by atoms with van der Waals surface area (Å²) in [6, 6.07) is 4.99. The first kappa shape index (κ1) is 12.7. The lowest BCUT2D eigenvalue weighted by Crippen LogP contribution is -2.28. The molecule has 1 aromatic carbocycles. The Morgan fingerprint density at radius 2 is 2.18 bits per heavy atom. The van der Waals surface area contributed by atoms with E-state index in [4.69, 9.17) is 5.73 Å². The molecule has 1 saturated heterocycles. The van der Waals surface area contributed by atoms with Crippen LogP contribution in [0.5, 0.6) is 0 Å². The van der Waals surface area contributed by atoms with E-state index in [0.29, 0.717) is 5.56 Å². The van der Waals surface area contributed by atoms with Crippen molar-refractivity contribution in [2.45, 2.75) is 19.4 Å². The van der Waals surface area contributed by atoms with Crippen LogP contribution < -0.4 is 10.6 Å². The Kier molecular flexibility index (Phi) is 4.29. The van der Waals surface area contributed by atoms with Gasteiger partial charge in [0.2, 0.25) is 0 Å². The van der Waals surface area contributed by atoms with Gasteiger partial charge in [-0.15, -0.1) is 0 Å². The van der Waals surface area contributed by atoms with Crippen LogP contribution in [-0.2, 0) is 0 Å². The fourth-order valence-corrected chi connectivity index (χ4v) is 3.13. The fourth-order valence-electron chi connectivity index (χ4n) is 2.24. The largest absolute Gasteiger partial charge is 0.370 e. The minimum atomic E-state index is -0.262. The number of thioether (sulfide) groups is 1. The van der Waals surface area contributed by atoms with E-state index in [-0.39, 0.29) is 11.9 Å². The molecule has 0 radical (unpaired) electrons. The van der Waals surface area contributed by atoms with Crippen LogP contribution in [0, 0.1) is 5.82 Å². The third-order valence-corrected chi connectivity index (χ3v) is 4.10. The topological polar surface area (TPSA) is 29.3 Å². The van der Waals surface area contributed by atoms with Gasteiger partial charge in [-0.2, -0.15) is 11.8 Å². The molecule has 1 aliphatic heterocycles. The lowest BCUT2D eigenvalue weighted by Gasteiger charge is -2.26. The summed E-state index contributed by atoms with van der Waals surface area (Å²) in [5.41, 5.74) is 7.52. The van der Waals surface area contributed by atoms with Gasteiger partial charge in [-0.05, 0) is 31.2 Å². The molecule has 2 N–H and O–H groups in total. The fraction of sp³-hybridized carbons (Fsp3) is 0.538. The molecule has 1 aromatic rings. The van der Waals surface area contributed by atoms with Gasteiger partial charge in [-0.25, -0.2) is 4.39 Å². The summed E-state index contributed by atoms with van der Waals surface area (Å²) in [6.45, 7) is 3.82. The molecule has 17 heavy (non-hydrogen) atoms. The number of benzene rings is 1. The van der Waals surface area contributed by atoms with Gasteiger partial charge in [0.05, 0.1) is 0 Å². The van der Waals surface area contributed by atoms with Gasteiger partial charge in [-0.1, -0.05) is 6.07 Å². The molecule has 2 nitrogen and oxygen atoms in total. The molecule has 0 aliphatic carbocycles. The second-order valence-electron chi connectivity index (χ2n) is 4.41. The number of nitrogens with zero attached hydrogens (tertiary/aromatic N) is 1. The molecule has 0 bridgehead atoms. The highest BCUT2D eigenvalue weighted by Gasteiger charge is 2.18. The molecule has 94 valence electrons. The Labute approximate surface area is 106 Å². The zero-order valence-corrected chi connectivity index (χ0v) is 11.0. The van der Waals surface area contributed by atoms with E-state index < -0.39 is 0 Å². The smallest absolute Gasteiger partial charge is 0.130 e. The Bertz CT molecular complexity index is 374. The standard InChI is InChI=1S/C13H19FN2S/c1-10(15)13-11(14)4-2-5-12(13)16-6-3-8-17-9-7-16/h2,4-5,10H,3,6-9,15H2,1H3. The number of rotatable bonds is 2. The number of nitrogens with two attached hydrogens (primary N) is 1. The van der Waals surface area contributed by atoms with Crippen molar-refractivity contribution in [3.8, 4) is 0 Å². The maximum atomic E-state index is 13.8. The molecule has 0 spiro atoms. The third kappa shape index (κ3) is 2.93. The Morgan fingerprint density at radius 3 is 2.94 bits per heavy atom. The molecule has 4 heteroatoms. The van der Waals surface area contributed by atoms with Gasteiger partial charge in [-0.3, -0.25) is 0 Å². The number of hydrogen-bond donors (Lipinski definition) is 1. The van der Waals surface area contributed by atoms with Crippen molar-refractivity contribution < 1.29 is 4.39 Å². The van der Waals surface area contributed by atoms with Gasteiger partial charge in [0.15, 0.2) is 0 Å².